The predicted octanol–water partition coefficient (Wildman–Crippen LogP) is 3.52. The highest BCUT2D eigenvalue weighted by Gasteiger charge is 2.15. The quantitative estimate of drug-likeness (QED) is 0.862. The van der Waals surface area contributed by atoms with Crippen LogP contribution in [-0.4, -0.2) is 10.9 Å². The second-order valence-electron chi connectivity index (χ2n) is 4.27. The van der Waals surface area contributed by atoms with Crippen LogP contribution in [0.1, 0.15) is 12.0 Å². The standard InChI is InChI=1S/C14H11BrN2O2/c15-12-2-1-3-14(17-12)19-10-5-6-11-9(8-10)4-7-13(18)16-11/h1-3,5-6,8H,4,7H2,(H,16,18). The molecule has 2 heterocycles. The minimum absolute atomic E-state index is 0.0647. The van der Waals surface area contributed by atoms with Crippen molar-refractivity contribution in [2.45, 2.75) is 12.8 Å². The van der Waals surface area contributed by atoms with Crippen LogP contribution in [0.15, 0.2) is 41.0 Å². The van der Waals surface area contributed by atoms with Gasteiger partial charge in [0.05, 0.1) is 0 Å². The number of benzene rings is 1. The summed E-state index contributed by atoms with van der Waals surface area (Å²) in [6, 6.07) is 11.1. The van der Waals surface area contributed by atoms with Crippen molar-refractivity contribution in [1.82, 2.24) is 4.98 Å². The third-order valence-electron chi connectivity index (χ3n) is 2.88. The molecule has 96 valence electrons. The summed E-state index contributed by atoms with van der Waals surface area (Å²) in [5.41, 5.74) is 1.96. The van der Waals surface area contributed by atoms with E-state index in [1.165, 1.54) is 0 Å². The lowest BCUT2D eigenvalue weighted by Crippen LogP contribution is -2.18. The number of amides is 1. The lowest BCUT2D eigenvalue weighted by atomic mass is 10.0. The van der Waals surface area contributed by atoms with E-state index < -0.39 is 0 Å². The lowest BCUT2D eigenvalue weighted by Gasteiger charge is -2.17. The smallest absolute Gasteiger partial charge is 0.224 e. The summed E-state index contributed by atoms with van der Waals surface area (Å²) < 4.78 is 6.43. The van der Waals surface area contributed by atoms with Crippen LogP contribution < -0.4 is 10.1 Å². The zero-order valence-electron chi connectivity index (χ0n) is 10.0. The number of rotatable bonds is 2. The van der Waals surface area contributed by atoms with Crippen molar-refractivity contribution in [1.29, 1.82) is 0 Å². The minimum atomic E-state index is 0.0647. The van der Waals surface area contributed by atoms with Crippen LogP contribution >= 0.6 is 15.9 Å². The lowest BCUT2D eigenvalue weighted by molar-refractivity contribution is -0.116. The van der Waals surface area contributed by atoms with Crippen molar-refractivity contribution >= 4 is 27.5 Å². The maximum Gasteiger partial charge on any atom is 0.224 e. The average Bonchev–Trinajstić information content (AvgIpc) is 2.39. The van der Waals surface area contributed by atoms with Gasteiger partial charge in [-0.15, -0.1) is 0 Å². The molecule has 0 saturated heterocycles. The van der Waals surface area contributed by atoms with Gasteiger partial charge in [-0.1, -0.05) is 6.07 Å². The van der Waals surface area contributed by atoms with Gasteiger partial charge in [0.1, 0.15) is 10.4 Å². The highest BCUT2D eigenvalue weighted by Crippen LogP contribution is 2.29. The number of nitrogens with zero attached hydrogens (tertiary/aromatic N) is 1. The van der Waals surface area contributed by atoms with Gasteiger partial charge in [-0.25, -0.2) is 4.98 Å². The second-order valence-corrected chi connectivity index (χ2v) is 5.08. The largest absolute Gasteiger partial charge is 0.439 e. The topological polar surface area (TPSA) is 51.2 Å². The molecule has 1 N–H and O–H groups in total. The molecule has 0 aliphatic carbocycles. The van der Waals surface area contributed by atoms with Crippen molar-refractivity contribution < 1.29 is 9.53 Å². The van der Waals surface area contributed by atoms with Gasteiger partial charge in [0.15, 0.2) is 0 Å². The van der Waals surface area contributed by atoms with Crippen molar-refractivity contribution in [3.05, 3.63) is 46.6 Å². The van der Waals surface area contributed by atoms with Crippen LogP contribution in [0.5, 0.6) is 11.6 Å². The molecule has 0 bridgehead atoms. The molecule has 19 heavy (non-hydrogen) atoms. The molecular formula is C14H11BrN2O2. The monoisotopic (exact) mass is 318 g/mol. The molecule has 1 aliphatic heterocycles. The van der Waals surface area contributed by atoms with E-state index in [2.05, 4.69) is 26.2 Å². The zero-order chi connectivity index (χ0) is 13.2. The summed E-state index contributed by atoms with van der Waals surface area (Å²) in [6.45, 7) is 0. The van der Waals surface area contributed by atoms with Crippen molar-refractivity contribution in [3.63, 3.8) is 0 Å². The normalized spacial score (nSPS) is 13.6. The molecule has 5 heteroatoms. The van der Waals surface area contributed by atoms with E-state index in [1.807, 2.05) is 30.3 Å². The molecular weight excluding hydrogens is 308 g/mol. The summed E-state index contributed by atoms with van der Waals surface area (Å²) in [5.74, 6) is 1.32. The van der Waals surface area contributed by atoms with Gasteiger partial charge in [0, 0.05) is 18.2 Å². The van der Waals surface area contributed by atoms with E-state index in [9.17, 15) is 4.79 Å². The molecule has 3 rings (SSSR count). The number of anilines is 1. The third kappa shape index (κ3) is 2.76. The van der Waals surface area contributed by atoms with Crippen molar-refractivity contribution in [3.8, 4) is 11.6 Å². The predicted molar refractivity (Wildman–Crippen MR) is 75.4 cm³/mol. The van der Waals surface area contributed by atoms with Crippen LogP contribution in [0, 0.1) is 0 Å². The Balaban J connectivity index is 1.85. The van der Waals surface area contributed by atoms with E-state index in [0.29, 0.717) is 12.3 Å². The van der Waals surface area contributed by atoms with E-state index in [1.54, 1.807) is 6.07 Å². The molecule has 0 fully saturated rings. The molecule has 4 nitrogen and oxygen atoms in total. The Hall–Kier alpha value is -1.88. The molecule has 0 spiro atoms. The first-order chi connectivity index (χ1) is 9.20. The number of fused-ring (bicyclic) bond motifs is 1. The number of pyridine rings is 1. The maximum absolute atomic E-state index is 11.3. The molecule has 1 aromatic carbocycles. The van der Waals surface area contributed by atoms with Crippen LogP contribution in [0.2, 0.25) is 0 Å². The molecule has 0 unspecified atom stereocenters. The van der Waals surface area contributed by atoms with Gasteiger partial charge >= 0.3 is 0 Å². The van der Waals surface area contributed by atoms with E-state index in [-0.39, 0.29) is 5.91 Å². The van der Waals surface area contributed by atoms with E-state index >= 15 is 0 Å². The first-order valence-corrected chi connectivity index (χ1v) is 6.73. The summed E-state index contributed by atoms with van der Waals surface area (Å²) >= 11 is 3.30. The number of carbonyl (C=O) groups excluding carboxylic acids is 1. The number of hydrogen-bond donors (Lipinski definition) is 1. The maximum atomic E-state index is 11.3. The Bertz CT molecular complexity index is 643. The average molecular weight is 319 g/mol. The van der Waals surface area contributed by atoms with Gasteiger partial charge in [-0.2, -0.15) is 0 Å². The zero-order valence-corrected chi connectivity index (χ0v) is 11.6. The number of halogens is 1. The summed E-state index contributed by atoms with van der Waals surface area (Å²) in [7, 11) is 0. The SMILES string of the molecule is O=C1CCc2cc(Oc3cccc(Br)n3)ccc2N1. The van der Waals surface area contributed by atoms with Gasteiger partial charge in [-0.05, 0) is 52.2 Å². The first-order valence-electron chi connectivity index (χ1n) is 5.94. The fourth-order valence-electron chi connectivity index (χ4n) is 1.99. The number of aromatic nitrogens is 1. The van der Waals surface area contributed by atoms with Gasteiger partial charge in [0.25, 0.3) is 0 Å². The van der Waals surface area contributed by atoms with E-state index in [0.717, 1.165) is 28.0 Å². The summed E-state index contributed by atoms with van der Waals surface area (Å²) in [5, 5.41) is 2.84. The van der Waals surface area contributed by atoms with Crippen molar-refractivity contribution in [2.24, 2.45) is 0 Å². The van der Waals surface area contributed by atoms with Gasteiger partial charge in [0.2, 0.25) is 11.8 Å². The van der Waals surface area contributed by atoms with Crippen LogP contribution in [-0.2, 0) is 11.2 Å². The highest BCUT2D eigenvalue weighted by atomic mass is 79.9. The minimum Gasteiger partial charge on any atom is -0.439 e. The van der Waals surface area contributed by atoms with Gasteiger partial charge < -0.3 is 10.1 Å². The third-order valence-corrected chi connectivity index (χ3v) is 3.33. The highest BCUT2D eigenvalue weighted by molar-refractivity contribution is 9.10. The van der Waals surface area contributed by atoms with Crippen molar-refractivity contribution in [2.75, 3.05) is 5.32 Å². The van der Waals surface area contributed by atoms with Crippen LogP contribution in [0.25, 0.3) is 0 Å². The molecule has 0 radical (unpaired) electrons. The Kier molecular flexibility index (Phi) is 3.21. The Morgan fingerprint density at radius 2 is 2.11 bits per heavy atom. The number of aryl methyl sites for hydroxylation is 1. The van der Waals surface area contributed by atoms with Crippen LogP contribution in [0.4, 0.5) is 5.69 Å². The van der Waals surface area contributed by atoms with Crippen LogP contribution in [0.3, 0.4) is 0 Å². The summed E-state index contributed by atoms with van der Waals surface area (Å²) in [6.07, 6.45) is 1.26. The Morgan fingerprint density at radius 1 is 1.21 bits per heavy atom. The summed E-state index contributed by atoms with van der Waals surface area (Å²) in [4.78, 5) is 15.5. The number of carbonyl (C=O) groups is 1. The fraction of sp³-hybridized carbons (Fsp3) is 0.143. The van der Waals surface area contributed by atoms with Gasteiger partial charge in [-0.3, -0.25) is 4.79 Å². The molecule has 1 amide bonds. The number of nitrogens with one attached hydrogen (secondary N) is 1. The fourth-order valence-corrected chi connectivity index (χ4v) is 2.32. The Labute approximate surface area is 118 Å². The number of ether oxygens (including phenoxy) is 1. The Morgan fingerprint density at radius 3 is 2.95 bits per heavy atom. The molecule has 1 aliphatic rings. The molecule has 0 saturated carbocycles. The molecule has 2 aromatic rings. The second kappa shape index (κ2) is 5.01. The molecule has 1 aromatic heterocycles. The molecule has 0 atom stereocenters. The number of hydrogen-bond acceptors (Lipinski definition) is 3. The van der Waals surface area contributed by atoms with E-state index in [4.69, 9.17) is 4.74 Å². The first kappa shape index (κ1) is 12.2.